The first-order chi connectivity index (χ1) is 9.67. The molecule has 7 nitrogen and oxygen atoms in total. The molecule has 0 spiro atoms. The number of hydrogen-bond donors (Lipinski definition) is 2. The van der Waals surface area contributed by atoms with Crippen LogP contribution in [-0.4, -0.2) is 15.8 Å². The second-order valence-electron chi connectivity index (χ2n) is 3.85. The SMILES string of the molecule is N#CCc1nn(-c2ccccc2)c(NC(N)=O)c1C#N. The van der Waals surface area contributed by atoms with Gasteiger partial charge in [-0.15, -0.1) is 0 Å². The predicted octanol–water partition coefficient (Wildman–Crippen LogP) is 1.30. The second kappa shape index (κ2) is 5.55. The lowest BCUT2D eigenvalue weighted by atomic mass is 10.2. The molecule has 0 fully saturated rings. The Morgan fingerprint density at radius 2 is 2.05 bits per heavy atom. The molecule has 20 heavy (non-hydrogen) atoms. The number of carbonyl (C=O) groups excluding carboxylic acids is 1. The van der Waals surface area contributed by atoms with Crippen molar-refractivity contribution in [2.24, 2.45) is 5.73 Å². The van der Waals surface area contributed by atoms with E-state index in [1.807, 2.05) is 18.2 Å². The average molecular weight is 266 g/mol. The standard InChI is InChI=1S/C13H10N6O/c14-7-6-11-10(8-15)12(17-13(16)20)19(18-11)9-4-2-1-3-5-9/h1-5H,6H2,(H3,16,17,20). The fourth-order valence-corrected chi connectivity index (χ4v) is 1.77. The van der Waals surface area contributed by atoms with Gasteiger partial charge in [0, 0.05) is 0 Å². The van der Waals surface area contributed by atoms with Gasteiger partial charge in [0.1, 0.15) is 11.6 Å². The Balaban J connectivity index is 2.64. The van der Waals surface area contributed by atoms with Crippen LogP contribution >= 0.6 is 0 Å². The van der Waals surface area contributed by atoms with Crippen LogP contribution in [0.5, 0.6) is 0 Å². The number of primary amides is 1. The number of anilines is 1. The molecular formula is C13H10N6O. The van der Waals surface area contributed by atoms with Gasteiger partial charge in [-0.3, -0.25) is 5.32 Å². The van der Waals surface area contributed by atoms with Crippen LogP contribution in [0.15, 0.2) is 30.3 Å². The lowest BCUT2D eigenvalue weighted by molar-refractivity contribution is 0.259. The molecule has 2 aromatic rings. The maximum atomic E-state index is 11.1. The van der Waals surface area contributed by atoms with Crippen molar-refractivity contribution in [1.82, 2.24) is 9.78 Å². The van der Waals surface area contributed by atoms with E-state index in [4.69, 9.17) is 11.0 Å². The Labute approximate surface area is 114 Å². The summed E-state index contributed by atoms with van der Waals surface area (Å²) in [6.07, 6.45) is -0.0316. The quantitative estimate of drug-likeness (QED) is 0.869. The molecule has 0 aliphatic heterocycles. The Morgan fingerprint density at radius 3 is 2.60 bits per heavy atom. The van der Waals surface area contributed by atoms with Crippen molar-refractivity contribution in [2.75, 3.05) is 5.32 Å². The predicted molar refractivity (Wildman–Crippen MR) is 70.8 cm³/mol. The van der Waals surface area contributed by atoms with E-state index < -0.39 is 6.03 Å². The van der Waals surface area contributed by atoms with Crippen molar-refractivity contribution in [3.63, 3.8) is 0 Å². The first kappa shape index (κ1) is 13.1. The molecule has 0 saturated heterocycles. The number of nitrogens with one attached hydrogen (secondary N) is 1. The summed E-state index contributed by atoms with van der Waals surface area (Å²) >= 11 is 0. The molecule has 98 valence electrons. The number of amides is 2. The molecule has 0 bridgehead atoms. The van der Waals surface area contributed by atoms with Crippen LogP contribution in [0.2, 0.25) is 0 Å². The summed E-state index contributed by atoms with van der Waals surface area (Å²) in [5, 5.41) is 24.5. The molecule has 3 N–H and O–H groups in total. The first-order valence-electron chi connectivity index (χ1n) is 5.68. The topological polar surface area (TPSA) is 121 Å². The van der Waals surface area contributed by atoms with Crippen molar-refractivity contribution in [3.05, 3.63) is 41.6 Å². The summed E-state index contributed by atoms with van der Waals surface area (Å²) in [4.78, 5) is 11.1. The summed E-state index contributed by atoms with van der Waals surface area (Å²) in [6, 6.07) is 12.0. The molecule has 2 rings (SSSR count). The molecule has 0 saturated carbocycles. The van der Waals surface area contributed by atoms with Gasteiger partial charge in [0.2, 0.25) is 0 Å². The van der Waals surface area contributed by atoms with Crippen molar-refractivity contribution in [3.8, 4) is 17.8 Å². The summed E-state index contributed by atoms with van der Waals surface area (Å²) in [5.41, 5.74) is 6.19. The lowest BCUT2D eigenvalue weighted by Gasteiger charge is -2.07. The van der Waals surface area contributed by atoms with Crippen LogP contribution in [0.25, 0.3) is 5.69 Å². The molecule has 0 aliphatic carbocycles. The number of carbonyl (C=O) groups is 1. The third-order valence-corrected chi connectivity index (χ3v) is 2.56. The summed E-state index contributed by atoms with van der Waals surface area (Å²) in [5.74, 6) is 0.163. The van der Waals surface area contributed by atoms with Crippen molar-refractivity contribution < 1.29 is 4.79 Å². The average Bonchev–Trinajstić information content (AvgIpc) is 2.77. The van der Waals surface area contributed by atoms with Crippen LogP contribution in [0.3, 0.4) is 0 Å². The highest BCUT2D eigenvalue weighted by Crippen LogP contribution is 2.23. The van der Waals surface area contributed by atoms with Gasteiger partial charge in [0.25, 0.3) is 0 Å². The van der Waals surface area contributed by atoms with Crippen molar-refractivity contribution in [2.45, 2.75) is 6.42 Å². The smallest absolute Gasteiger partial charge is 0.317 e. The van der Waals surface area contributed by atoms with Gasteiger partial charge in [0.15, 0.2) is 5.82 Å². The molecule has 0 radical (unpaired) electrons. The van der Waals surface area contributed by atoms with E-state index >= 15 is 0 Å². The van der Waals surface area contributed by atoms with Gasteiger partial charge in [-0.2, -0.15) is 15.6 Å². The largest absolute Gasteiger partial charge is 0.351 e. The van der Waals surface area contributed by atoms with Crippen LogP contribution in [0.1, 0.15) is 11.3 Å². The molecule has 0 unspecified atom stereocenters. The van der Waals surface area contributed by atoms with E-state index in [2.05, 4.69) is 10.4 Å². The third kappa shape index (κ3) is 2.42. The van der Waals surface area contributed by atoms with Crippen LogP contribution in [0.4, 0.5) is 10.6 Å². The van der Waals surface area contributed by atoms with Gasteiger partial charge < -0.3 is 5.73 Å². The number of urea groups is 1. The first-order valence-corrected chi connectivity index (χ1v) is 5.68. The molecule has 2 amide bonds. The minimum absolute atomic E-state index is 0.0316. The summed E-state index contributed by atoms with van der Waals surface area (Å²) in [7, 11) is 0. The molecule has 0 aliphatic rings. The monoisotopic (exact) mass is 266 g/mol. The summed E-state index contributed by atoms with van der Waals surface area (Å²) < 4.78 is 1.38. The third-order valence-electron chi connectivity index (χ3n) is 2.56. The maximum absolute atomic E-state index is 11.1. The van der Waals surface area contributed by atoms with Gasteiger partial charge in [-0.25, -0.2) is 9.48 Å². The molecule has 1 heterocycles. The highest BCUT2D eigenvalue weighted by atomic mass is 16.2. The fourth-order valence-electron chi connectivity index (χ4n) is 1.77. The van der Waals surface area contributed by atoms with Crippen LogP contribution in [-0.2, 0) is 6.42 Å². The van der Waals surface area contributed by atoms with Gasteiger partial charge in [-0.05, 0) is 12.1 Å². The number of rotatable bonds is 3. The fraction of sp³-hybridized carbons (Fsp3) is 0.0769. The molecule has 7 heteroatoms. The molecular weight excluding hydrogens is 256 g/mol. The summed E-state index contributed by atoms with van der Waals surface area (Å²) in [6.45, 7) is 0. The highest BCUT2D eigenvalue weighted by molar-refractivity contribution is 5.89. The van der Waals surface area contributed by atoms with E-state index in [0.29, 0.717) is 11.4 Å². The van der Waals surface area contributed by atoms with Gasteiger partial charge in [0.05, 0.1) is 23.9 Å². The normalized spacial score (nSPS) is 9.50. The zero-order valence-electron chi connectivity index (χ0n) is 10.4. The van der Waals surface area contributed by atoms with Crippen LogP contribution < -0.4 is 11.1 Å². The molecule has 0 atom stereocenters. The highest BCUT2D eigenvalue weighted by Gasteiger charge is 2.19. The Morgan fingerprint density at radius 1 is 1.35 bits per heavy atom. The number of hydrogen-bond acceptors (Lipinski definition) is 4. The minimum Gasteiger partial charge on any atom is -0.351 e. The van der Waals surface area contributed by atoms with E-state index in [1.54, 1.807) is 24.3 Å². The van der Waals surface area contributed by atoms with Crippen molar-refractivity contribution >= 4 is 11.8 Å². The zero-order valence-corrected chi connectivity index (χ0v) is 10.4. The lowest BCUT2D eigenvalue weighted by Crippen LogP contribution is -2.22. The van der Waals surface area contributed by atoms with E-state index in [-0.39, 0.29) is 17.8 Å². The number of nitriles is 2. The van der Waals surface area contributed by atoms with E-state index in [0.717, 1.165) is 0 Å². The zero-order chi connectivity index (χ0) is 14.5. The molecule has 1 aromatic carbocycles. The molecule has 1 aromatic heterocycles. The number of aromatic nitrogens is 2. The Hall–Kier alpha value is -3.32. The number of para-hydroxylation sites is 1. The van der Waals surface area contributed by atoms with Crippen molar-refractivity contribution in [1.29, 1.82) is 10.5 Å². The van der Waals surface area contributed by atoms with Crippen LogP contribution in [0, 0.1) is 22.7 Å². The Kier molecular flexibility index (Phi) is 3.64. The number of nitrogens with zero attached hydrogens (tertiary/aromatic N) is 4. The van der Waals surface area contributed by atoms with E-state index in [9.17, 15) is 10.1 Å². The van der Waals surface area contributed by atoms with Gasteiger partial charge >= 0.3 is 6.03 Å². The number of benzene rings is 1. The number of nitrogens with two attached hydrogens (primary N) is 1. The maximum Gasteiger partial charge on any atom is 0.317 e. The second-order valence-corrected chi connectivity index (χ2v) is 3.85. The minimum atomic E-state index is -0.804. The van der Waals surface area contributed by atoms with E-state index in [1.165, 1.54) is 4.68 Å². The Bertz CT molecular complexity index is 720. The van der Waals surface area contributed by atoms with Gasteiger partial charge in [-0.1, -0.05) is 18.2 Å².